The lowest BCUT2D eigenvalue weighted by atomic mass is 9.98. The van der Waals surface area contributed by atoms with Crippen LogP contribution in [0.15, 0.2) is 72.8 Å². The molecule has 3 nitrogen and oxygen atoms in total. The van der Waals surface area contributed by atoms with Crippen LogP contribution in [0, 0.1) is 0 Å². The SMILES string of the molecule is COc1cc(C(=O)c2ccccc2C(F)(F)F)ccc1OCc1ccccc1. The standard InChI is InChI=1S/C22H17F3O3/c1-27-20-13-16(11-12-19(20)28-14-15-7-3-2-4-8-15)21(26)17-9-5-6-10-18(17)22(23,24)25/h2-13H,14H2,1H3. The van der Waals surface area contributed by atoms with Gasteiger partial charge in [-0.1, -0.05) is 48.5 Å². The molecule has 0 saturated carbocycles. The summed E-state index contributed by atoms with van der Waals surface area (Å²) in [6.07, 6.45) is -4.62. The molecule has 0 atom stereocenters. The summed E-state index contributed by atoms with van der Waals surface area (Å²) >= 11 is 0. The van der Waals surface area contributed by atoms with Gasteiger partial charge in [0.1, 0.15) is 6.61 Å². The van der Waals surface area contributed by atoms with Gasteiger partial charge in [0.2, 0.25) is 0 Å². The number of alkyl halides is 3. The highest BCUT2D eigenvalue weighted by Gasteiger charge is 2.35. The molecule has 6 heteroatoms. The maximum absolute atomic E-state index is 13.2. The number of ether oxygens (including phenoxy) is 2. The first-order chi connectivity index (χ1) is 13.4. The Morgan fingerprint density at radius 2 is 1.57 bits per heavy atom. The van der Waals surface area contributed by atoms with E-state index in [1.807, 2.05) is 30.3 Å². The number of carbonyl (C=O) groups is 1. The lowest BCUT2D eigenvalue weighted by Crippen LogP contribution is -2.13. The van der Waals surface area contributed by atoms with Gasteiger partial charge in [-0.3, -0.25) is 4.79 Å². The Bertz CT molecular complexity index is 966. The molecule has 0 unspecified atom stereocenters. The molecule has 0 aliphatic carbocycles. The second kappa shape index (κ2) is 8.17. The smallest absolute Gasteiger partial charge is 0.417 e. The first-order valence-corrected chi connectivity index (χ1v) is 8.46. The quantitative estimate of drug-likeness (QED) is 0.523. The van der Waals surface area contributed by atoms with E-state index in [4.69, 9.17) is 9.47 Å². The second-order valence-electron chi connectivity index (χ2n) is 6.01. The summed E-state index contributed by atoms with van der Waals surface area (Å²) in [4.78, 5) is 12.7. The Balaban J connectivity index is 1.87. The molecule has 0 saturated heterocycles. The third-order valence-corrected chi connectivity index (χ3v) is 4.14. The molecular formula is C22H17F3O3. The minimum absolute atomic E-state index is 0.0839. The van der Waals surface area contributed by atoms with E-state index in [2.05, 4.69) is 0 Å². The zero-order valence-electron chi connectivity index (χ0n) is 15.0. The molecule has 144 valence electrons. The largest absolute Gasteiger partial charge is 0.493 e. The maximum Gasteiger partial charge on any atom is 0.417 e. The van der Waals surface area contributed by atoms with E-state index in [0.717, 1.165) is 17.7 Å². The van der Waals surface area contributed by atoms with Gasteiger partial charge in [-0.2, -0.15) is 13.2 Å². The summed E-state index contributed by atoms with van der Waals surface area (Å²) in [6, 6.07) is 18.5. The first-order valence-electron chi connectivity index (χ1n) is 8.46. The summed E-state index contributed by atoms with van der Waals surface area (Å²) < 4.78 is 50.6. The predicted octanol–water partition coefficient (Wildman–Crippen LogP) is 5.52. The number of rotatable bonds is 6. The number of hydrogen-bond donors (Lipinski definition) is 0. The molecule has 0 fully saturated rings. The minimum atomic E-state index is -4.62. The zero-order chi connectivity index (χ0) is 20.1. The van der Waals surface area contributed by atoms with Crippen molar-refractivity contribution in [3.05, 3.63) is 95.1 Å². The van der Waals surface area contributed by atoms with Gasteiger partial charge in [0, 0.05) is 11.1 Å². The summed E-state index contributed by atoms with van der Waals surface area (Å²) in [6.45, 7) is 0.293. The van der Waals surface area contributed by atoms with Gasteiger partial charge < -0.3 is 9.47 Å². The van der Waals surface area contributed by atoms with E-state index in [9.17, 15) is 18.0 Å². The van der Waals surface area contributed by atoms with E-state index in [-0.39, 0.29) is 11.3 Å². The fraction of sp³-hybridized carbons (Fsp3) is 0.136. The van der Waals surface area contributed by atoms with Crippen molar-refractivity contribution in [3.8, 4) is 11.5 Å². The van der Waals surface area contributed by atoms with E-state index < -0.39 is 23.1 Å². The monoisotopic (exact) mass is 386 g/mol. The topological polar surface area (TPSA) is 35.5 Å². The maximum atomic E-state index is 13.2. The molecule has 3 rings (SSSR count). The van der Waals surface area contributed by atoms with Crippen molar-refractivity contribution in [3.63, 3.8) is 0 Å². The average molecular weight is 386 g/mol. The Hall–Kier alpha value is -3.28. The summed E-state index contributed by atoms with van der Waals surface area (Å²) in [5.74, 6) is -0.0703. The van der Waals surface area contributed by atoms with Gasteiger partial charge in [-0.15, -0.1) is 0 Å². The van der Waals surface area contributed by atoms with Crippen LogP contribution in [0.4, 0.5) is 13.2 Å². The van der Waals surface area contributed by atoms with Crippen molar-refractivity contribution in [1.29, 1.82) is 0 Å². The molecule has 0 aliphatic rings. The minimum Gasteiger partial charge on any atom is -0.493 e. The summed E-state index contributed by atoms with van der Waals surface area (Å²) in [5.41, 5.74) is -0.345. The highest BCUT2D eigenvalue weighted by molar-refractivity contribution is 6.10. The fourth-order valence-electron chi connectivity index (χ4n) is 2.75. The molecule has 0 heterocycles. The number of methoxy groups -OCH3 is 1. The third kappa shape index (κ3) is 4.34. The molecule has 28 heavy (non-hydrogen) atoms. The zero-order valence-corrected chi connectivity index (χ0v) is 15.0. The van der Waals surface area contributed by atoms with Crippen molar-refractivity contribution < 1.29 is 27.4 Å². The van der Waals surface area contributed by atoms with Crippen LogP contribution in [0.3, 0.4) is 0 Å². The van der Waals surface area contributed by atoms with E-state index in [1.54, 1.807) is 0 Å². The van der Waals surface area contributed by atoms with E-state index in [1.165, 1.54) is 37.4 Å². The van der Waals surface area contributed by atoms with Crippen molar-refractivity contribution in [2.75, 3.05) is 7.11 Å². The lowest BCUT2D eigenvalue weighted by molar-refractivity contribution is -0.137. The van der Waals surface area contributed by atoms with Gasteiger partial charge in [-0.05, 0) is 29.8 Å². The van der Waals surface area contributed by atoms with Gasteiger partial charge in [0.05, 0.1) is 12.7 Å². The molecule has 0 N–H and O–H groups in total. The Morgan fingerprint density at radius 1 is 0.893 bits per heavy atom. The fourth-order valence-corrected chi connectivity index (χ4v) is 2.75. The van der Waals surface area contributed by atoms with Gasteiger partial charge in [0.25, 0.3) is 0 Å². The molecule has 0 aliphatic heterocycles. The van der Waals surface area contributed by atoms with Crippen LogP contribution in [0.5, 0.6) is 11.5 Å². The molecule has 0 aromatic heterocycles. The highest BCUT2D eigenvalue weighted by atomic mass is 19.4. The molecule has 0 amide bonds. The Morgan fingerprint density at radius 3 is 2.25 bits per heavy atom. The second-order valence-corrected chi connectivity index (χ2v) is 6.01. The predicted molar refractivity (Wildman–Crippen MR) is 98.6 cm³/mol. The number of hydrogen-bond acceptors (Lipinski definition) is 3. The Kier molecular flexibility index (Phi) is 5.68. The van der Waals surface area contributed by atoms with E-state index in [0.29, 0.717) is 12.4 Å². The van der Waals surface area contributed by atoms with Crippen molar-refractivity contribution in [1.82, 2.24) is 0 Å². The van der Waals surface area contributed by atoms with Crippen molar-refractivity contribution >= 4 is 5.78 Å². The Labute approximate surface area is 160 Å². The number of ketones is 1. The van der Waals surface area contributed by atoms with Gasteiger partial charge in [-0.25, -0.2) is 0 Å². The molecule has 0 radical (unpaired) electrons. The number of benzene rings is 3. The van der Waals surface area contributed by atoms with Crippen LogP contribution in [-0.4, -0.2) is 12.9 Å². The van der Waals surface area contributed by atoms with Crippen LogP contribution in [0.2, 0.25) is 0 Å². The van der Waals surface area contributed by atoms with Crippen LogP contribution in [0.1, 0.15) is 27.0 Å². The summed E-state index contributed by atoms with van der Waals surface area (Å²) in [5, 5.41) is 0. The molecule has 3 aromatic rings. The van der Waals surface area contributed by atoms with Crippen LogP contribution >= 0.6 is 0 Å². The lowest BCUT2D eigenvalue weighted by Gasteiger charge is -2.14. The highest BCUT2D eigenvalue weighted by Crippen LogP contribution is 2.34. The average Bonchev–Trinajstić information content (AvgIpc) is 2.71. The van der Waals surface area contributed by atoms with Crippen LogP contribution in [-0.2, 0) is 12.8 Å². The number of carbonyl (C=O) groups excluding carboxylic acids is 1. The van der Waals surface area contributed by atoms with Crippen LogP contribution < -0.4 is 9.47 Å². The van der Waals surface area contributed by atoms with Crippen molar-refractivity contribution in [2.45, 2.75) is 12.8 Å². The van der Waals surface area contributed by atoms with Gasteiger partial charge in [0.15, 0.2) is 17.3 Å². The normalized spacial score (nSPS) is 11.1. The molecule has 0 spiro atoms. The summed E-state index contributed by atoms with van der Waals surface area (Å²) in [7, 11) is 1.41. The third-order valence-electron chi connectivity index (χ3n) is 4.14. The number of halogens is 3. The van der Waals surface area contributed by atoms with Crippen LogP contribution in [0.25, 0.3) is 0 Å². The molecular weight excluding hydrogens is 369 g/mol. The van der Waals surface area contributed by atoms with Crippen molar-refractivity contribution in [2.24, 2.45) is 0 Å². The molecule has 0 bridgehead atoms. The first kappa shape index (κ1) is 19.5. The molecule has 3 aromatic carbocycles. The van der Waals surface area contributed by atoms with E-state index >= 15 is 0 Å². The van der Waals surface area contributed by atoms with Gasteiger partial charge >= 0.3 is 6.18 Å².